The fourth-order valence-corrected chi connectivity index (χ4v) is 2.24. The summed E-state index contributed by atoms with van der Waals surface area (Å²) in [6.45, 7) is 13.8. The van der Waals surface area contributed by atoms with Gasteiger partial charge in [0.25, 0.3) is 0 Å². The van der Waals surface area contributed by atoms with Crippen LogP contribution in [0, 0.1) is 5.92 Å². The molecule has 0 radical (unpaired) electrons. The Kier molecular flexibility index (Phi) is 6.02. The number of rotatable bonds is 4. The van der Waals surface area contributed by atoms with Crippen molar-refractivity contribution in [3.63, 3.8) is 0 Å². The fourth-order valence-electron chi connectivity index (χ4n) is 2.24. The first-order chi connectivity index (χ1) is 9.24. The van der Waals surface area contributed by atoms with E-state index in [9.17, 15) is 9.90 Å². The lowest BCUT2D eigenvalue weighted by molar-refractivity contribution is -0.0589. The maximum Gasteiger partial charge on any atom is 0.410 e. The largest absolute Gasteiger partial charge is 0.444 e. The van der Waals surface area contributed by atoms with Gasteiger partial charge in [0.05, 0.1) is 0 Å². The van der Waals surface area contributed by atoms with Crippen molar-refractivity contribution in [2.75, 3.05) is 26.2 Å². The summed E-state index contributed by atoms with van der Waals surface area (Å²) in [5.74, 6) is 0.153. The Morgan fingerprint density at radius 1 is 1.35 bits per heavy atom. The van der Waals surface area contributed by atoms with Gasteiger partial charge in [0, 0.05) is 26.2 Å². The first-order valence-electron chi connectivity index (χ1n) is 7.25. The minimum atomic E-state index is -0.478. The number of hydrogen-bond acceptors (Lipinski definition) is 4. The van der Waals surface area contributed by atoms with Crippen LogP contribution in [0.15, 0.2) is 12.7 Å². The minimum Gasteiger partial charge on any atom is -0.444 e. The normalized spacial score (nSPS) is 20.4. The number of piperazine rings is 1. The van der Waals surface area contributed by atoms with Crippen molar-refractivity contribution < 1.29 is 14.6 Å². The van der Waals surface area contributed by atoms with E-state index in [1.54, 1.807) is 4.90 Å². The zero-order valence-electron chi connectivity index (χ0n) is 13.1. The molecule has 0 bridgehead atoms. The van der Waals surface area contributed by atoms with E-state index in [0.717, 1.165) is 6.42 Å². The summed E-state index contributed by atoms with van der Waals surface area (Å²) >= 11 is 0. The zero-order chi connectivity index (χ0) is 15.3. The Balaban J connectivity index is 2.43. The molecule has 0 aromatic heterocycles. The molecule has 1 amide bonds. The molecule has 2 atom stereocenters. The van der Waals surface area contributed by atoms with Gasteiger partial charge in [0.2, 0.25) is 0 Å². The van der Waals surface area contributed by atoms with Crippen molar-refractivity contribution in [2.24, 2.45) is 5.92 Å². The van der Waals surface area contributed by atoms with Gasteiger partial charge >= 0.3 is 6.09 Å². The van der Waals surface area contributed by atoms with E-state index in [1.165, 1.54) is 0 Å². The molecule has 0 aromatic rings. The van der Waals surface area contributed by atoms with Crippen LogP contribution in [0.5, 0.6) is 0 Å². The number of aliphatic hydroxyl groups excluding tert-OH is 1. The highest BCUT2D eigenvalue weighted by atomic mass is 16.6. The molecule has 116 valence electrons. The van der Waals surface area contributed by atoms with Crippen LogP contribution < -0.4 is 0 Å². The molecule has 5 heteroatoms. The number of ether oxygens (including phenoxy) is 1. The molecule has 0 spiro atoms. The Morgan fingerprint density at radius 3 is 2.35 bits per heavy atom. The van der Waals surface area contributed by atoms with Crippen molar-refractivity contribution in [3.05, 3.63) is 12.7 Å². The van der Waals surface area contributed by atoms with E-state index in [-0.39, 0.29) is 12.0 Å². The van der Waals surface area contributed by atoms with Gasteiger partial charge in [-0.2, -0.15) is 0 Å². The number of nitrogens with zero attached hydrogens (tertiary/aromatic N) is 2. The van der Waals surface area contributed by atoms with Crippen LogP contribution in [-0.4, -0.2) is 59.0 Å². The molecule has 20 heavy (non-hydrogen) atoms. The number of carbonyl (C=O) groups is 1. The van der Waals surface area contributed by atoms with Gasteiger partial charge in [0.1, 0.15) is 11.8 Å². The fraction of sp³-hybridized carbons (Fsp3) is 0.800. The van der Waals surface area contributed by atoms with E-state index in [0.29, 0.717) is 26.2 Å². The molecule has 1 aliphatic rings. The molecule has 1 aliphatic heterocycles. The number of allylic oxidation sites excluding steroid dienone is 1. The second-order valence-electron chi connectivity index (χ2n) is 6.42. The standard InChI is InChI=1S/C15H28N2O3/c1-6-7-12(2)13(18)16-8-10-17(11-9-16)14(19)20-15(3,4)5/h6,12-13,18H,1,7-11H2,2-5H3/t12?,13-/m0/s1. The average molecular weight is 284 g/mol. The number of amides is 1. The lowest BCUT2D eigenvalue weighted by atomic mass is 10.0. The van der Waals surface area contributed by atoms with Gasteiger partial charge in [-0.15, -0.1) is 6.58 Å². The summed E-state index contributed by atoms with van der Waals surface area (Å²) in [6, 6.07) is 0. The van der Waals surface area contributed by atoms with Crippen LogP contribution in [0.4, 0.5) is 4.79 Å². The summed E-state index contributed by atoms with van der Waals surface area (Å²) in [5, 5.41) is 10.2. The third kappa shape index (κ3) is 5.13. The number of hydrogen-bond donors (Lipinski definition) is 1. The minimum absolute atomic E-state index is 0.153. The highest BCUT2D eigenvalue weighted by molar-refractivity contribution is 5.68. The van der Waals surface area contributed by atoms with Crippen LogP contribution in [-0.2, 0) is 4.74 Å². The van der Waals surface area contributed by atoms with Crippen LogP contribution in [0.3, 0.4) is 0 Å². The molecule has 0 aromatic carbocycles. The number of aliphatic hydroxyl groups is 1. The summed E-state index contributed by atoms with van der Waals surface area (Å²) in [5.41, 5.74) is -0.466. The van der Waals surface area contributed by atoms with E-state index in [2.05, 4.69) is 6.58 Å². The lowest BCUT2D eigenvalue weighted by Gasteiger charge is -2.39. The second-order valence-corrected chi connectivity index (χ2v) is 6.42. The molecule has 1 N–H and O–H groups in total. The summed E-state index contributed by atoms with van der Waals surface area (Å²) in [4.78, 5) is 15.6. The van der Waals surface area contributed by atoms with Crippen LogP contribution in [0.2, 0.25) is 0 Å². The zero-order valence-corrected chi connectivity index (χ0v) is 13.1. The molecule has 0 aliphatic carbocycles. The van der Waals surface area contributed by atoms with E-state index < -0.39 is 11.8 Å². The van der Waals surface area contributed by atoms with Gasteiger partial charge in [-0.25, -0.2) is 4.79 Å². The predicted molar refractivity (Wildman–Crippen MR) is 79.4 cm³/mol. The Morgan fingerprint density at radius 2 is 1.90 bits per heavy atom. The summed E-state index contributed by atoms with van der Waals surface area (Å²) < 4.78 is 5.35. The molecule has 5 nitrogen and oxygen atoms in total. The third-order valence-electron chi connectivity index (χ3n) is 3.39. The van der Waals surface area contributed by atoms with E-state index >= 15 is 0 Å². The van der Waals surface area contributed by atoms with Crippen molar-refractivity contribution in [2.45, 2.75) is 45.9 Å². The lowest BCUT2D eigenvalue weighted by Crippen LogP contribution is -2.54. The highest BCUT2D eigenvalue weighted by Crippen LogP contribution is 2.17. The molecular formula is C15H28N2O3. The maximum atomic E-state index is 11.9. The van der Waals surface area contributed by atoms with Gasteiger partial charge < -0.3 is 14.7 Å². The first-order valence-corrected chi connectivity index (χ1v) is 7.25. The predicted octanol–water partition coefficient (Wildman–Crippen LogP) is 2.07. The van der Waals surface area contributed by atoms with Crippen molar-refractivity contribution >= 4 is 6.09 Å². The SMILES string of the molecule is C=CCC(C)[C@H](O)N1CCN(C(=O)OC(C)(C)C)CC1. The Bertz CT molecular complexity index is 331. The first kappa shape index (κ1) is 17.0. The van der Waals surface area contributed by atoms with Crippen molar-refractivity contribution in [1.82, 2.24) is 9.80 Å². The Hall–Kier alpha value is -1.07. The monoisotopic (exact) mass is 284 g/mol. The topological polar surface area (TPSA) is 53.0 Å². The highest BCUT2D eigenvalue weighted by Gasteiger charge is 2.29. The van der Waals surface area contributed by atoms with Crippen LogP contribution >= 0.6 is 0 Å². The van der Waals surface area contributed by atoms with Crippen molar-refractivity contribution in [1.29, 1.82) is 0 Å². The smallest absolute Gasteiger partial charge is 0.410 e. The molecule has 1 rings (SSSR count). The molecule has 1 fully saturated rings. The molecule has 1 unspecified atom stereocenters. The summed E-state index contributed by atoms with van der Waals surface area (Å²) in [7, 11) is 0. The molecular weight excluding hydrogens is 256 g/mol. The molecule has 0 saturated carbocycles. The van der Waals surface area contributed by atoms with Crippen LogP contribution in [0.1, 0.15) is 34.1 Å². The van der Waals surface area contributed by atoms with Crippen LogP contribution in [0.25, 0.3) is 0 Å². The quantitative estimate of drug-likeness (QED) is 0.803. The van der Waals surface area contributed by atoms with Gasteiger partial charge in [-0.1, -0.05) is 13.0 Å². The second kappa shape index (κ2) is 7.09. The molecule has 1 heterocycles. The van der Waals surface area contributed by atoms with E-state index in [1.807, 2.05) is 38.7 Å². The van der Waals surface area contributed by atoms with Crippen molar-refractivity contribution in [3.8, 4) is 0 Å². The van der Waals surface area contributed by atoms with Gasteiger partial charge in [-0.3, -0.25) is 4.90 Å². The van der Waals surface area contributed by atoms with Gasteiger partial charge in [0.15, 0.2) is 0 Å². The number of carbonyl (C=O) groups excluding carboxylic acids is 1. The molecule has 1 saturated heterocycles. The maximum absolute atomic E-state index is 11.9. The Labute approximate surface area is 122 Å². The van der Waals surface area contributed by atoms with Gasteiger partial charge in [-0.05, 0) is 33.1 Å². The third-order valence-corrected chi connectivity index (χ3v) is 3.39. The summed E-state index contributed by atoms with van der Waals surface area (Å²) in [6.07, 6.45) is 1.86. The van der Waals surface area contributed by atoms with E-state index in [4.69, 9.17) is 4.74 Å². The average Bonchev–Trinajstić information content (AvgIpc) is 2.36.